The minimum Gasteiger partial charge on any atom is -0.491 e. The molecule has 0 aliphatic carbocycles. The quantitative estimate of drug-likeness (QED) is 0.406. The van der Waals surface area contributed by atoms with Crippen LogP contribution in [0.3, 0.4) is 0 Å². The molecule has 0 aromatic rings. The second kappa shape index (κ2) is 4.37. The van der Waals surface area contributed by atoms with E-state index in [0.29, 0.717) is 0 Å². The number of aldehydes is 1. The van der Waals surface area contributed by atoms with E-state index in [9.17, 15) is 4.79 Å². The van der Waals surface area contributed by atoms with Crippen molar-refractivity contribution in [3.63, 3.8) is 0 Å². The Kier molecular flexibility index (Phi) is 3.94. The lowest BCUT2D eigenvalue weighted by molar-refractivity contribution is -0.114. The van der Waals surface area contributed by atoms with Crippen LogP contribution in [-0.4, -0.2) is 12.4 Å². The Labute approximate surface area is 49.1 Å². The zero-order valence-electron chi connectivity index (χ0n) is 5.13. The van der Waals surface area contributed by atoms with Crippen molar-refractivity contribution < 1.29 is 9.53 Å². The minimum atomic E-state index is -0.314. The second-order valence-corrected chi connectivity index (χ2v) is 1.45. The van der Waals surface area contributed by atoms with Gasteiger partial charge in [-0.15, -0.1) is 0 Å². The fourth-order valence-corrected chi connectivity index (χ4v) is 0.235. The highest BCUT2D eigenvalue weighted by atomic mass is 16.5. The van der Waals surface area contributed by atoms with Crippen molar-refractivity contribution in [2.24, 2.45) is 0 Å². The third-order valence-corrected chi connectivity index (χ3v) is 0.621. The molecule has 0 spiro atoms. The maximum atomic E-state index is 9.85. The Hall–Kier alpha value is -0.790. The number of carbonyl (C=O) groups excluding carboxylic acids is 1. The topological polar surface area (TPSA) is 26.3 Å². The summed E-state index contributed by atoms with van der Waals surface area (Å²) >= 11 is 0. The molecule has 0 amide bonds. The van der Waals surface area contributed by atoms with E-state index in [4.69, 9.17) is 4.74 Å². The number of carbonyl (C=O) groups is 1. The first-order valence-electron chi connectivity index (χ1n) is 2.53. The molecule has 0 radical (unpaired) electrons. The predicted molar refractivity (Wildman–Crippen MR) is 31.4 cm³/mol. The van der Waals surface area contributed by atoms with Crippen LogP contribution in [0.5, 0.6) is 0 Å². The van der Waals surface area contributed by atoms with Gasteiger partial charge in [-0.3, -0.25) is 4.79 Å². The van der Waals surface area contributed by atoms with Gasteiger partial charge in [-0.2, -0.15) is 0 Å². The number of allylic oxidation sites excluding steroid dienone is 1. The first-order valence-corrected chi connectivity index (χ1v) is 2.53. The highest BCUT2D eigenvalue weighted by molar-refractivity contribution is 5.55. The van der Waals surface area contributed by atoms with Crippen molar-refractivity contribution in [1.29, 1.82) is 0 Å². The second-order valence-electron chi connectivity index (χ2n) is 1.45. The molecule has 1 atom stereocenters. The molecule has 2 heteroatoms. The third kappa shape index (κ3) is 3.40. The number of ether oxygens (including phenoxy) is 1. The van der Waals surface area contributed by atoms with Gasteiger partial charge in [0.15, 0.2) is 6.29 Å². The molecule has 0 aromatic carbocycles. The molecule has 0 saturated carbocycles. The van der Waals surface area contributed by atoms with Gasteiger partial charge in [0.25, 0.3) is 0 Å². The zero-order valence-corrected chi connectivity index (χ0v) is 5.13. The Morgan fingerprint density at radius 3 is 2.62 bits per heavy atom. The van der Waals surface area contributed by atoms with Gasteiger partial charge in [0.2, 0.25) is 0 Å². The SMILES string of the molecule is C/C=C/OC(C)C=O. The van der Waals surface area contributed by atoms with Crippen LogP contribution in [-0.2, 0) is 9.53 Å². The lowest BCUT2D eigenvalue weighted by Crippen LogP contribution is -2.03. The molecule has 0 saturated heterocycles. The fraction of sp³-hybridized carbons (Fsp3) is 0.500. The smallest absolute Gasteiger partial charge is 0.160 e. The minimum absolute atomic E-state index is 0.314. The molecule has 0 fully saturated rings. The van der Waals surface area contributed by atoms with Gasteiger partial charge in [0, 0.05) is 0 Å². The molecule has 0 aromatic heterocycles. The van der Waals surface area contributed by atoms with Gasteiger partial charge in [-0.05, 0) is 13.8 Å². The average molecular weight is 114 g/mol. The summed E-state index contributed by atoms with van der Waals surface area (Å²) in [6, 6.07) is 0. The normalized spacial score (nSPS) is 13.8. The van der Waals surface area contributed by atoms with E-state index in [1.807, 2.05) is 6.92 Å². The summed E-state index contributed by atoms with van der Waals surface area (Å²) in [6.45, 7) is 3.52. The predicted octanol–water partition coefficient (Wildman–Crippen LogP) is 1.12. The van der Waals surface area contributed by atoms with E-state index in [2.05, 4.69) is 0 Å². The number of hydrogen-bond acceptors (Lipinski definition) is 2. The summed E-state index contributed by atoms with van der Waals surface area (Å²) in [4.78, 5) is 9.85. The molecule has 0 N–H and O–H groups in total. The van der Waals surface area contributed by atoms with Crippen molar-refractivity contribution >= 4 is 6.29 Å². The molecule has 0 aliphatic heterocycles. The Balaban J connectivity index is 3.23. The lowest BCUT2D eigenvalue weighted by Gasteiger charge is -1.99. The van der Waals surface area contributed by atoms with Crippen LogP contribution in [0.4, 0.5) is 0 Å². The molecule has 2 nitrogen and oxygen atoms in total. The number of hydrogen-bond donors (Lipinski definition) is 0. The van der Waals surface area contributed by atoms with Crippen LogP contribution in [0, 0.1) is 0 Å². The van der Waals surface area contributed by atoms with Crippen molar-refractivity contribution in [3.05, 3.63) is 12.3 Å². The monoisotopic (exact) mass is 114 g/mol. The van der Waals surface area contributed by atoms with Crippen molar-refractivity contribution in [3.8, 4) is 0 Å². The summed E-state index contributed by atoms with van der Waals surface area (Å²) in [6.07, 6.45) is 3.67. The third-order valence-electron chi connectivity index (χ3n) is 0.621. The largest absolute Gasteiger partial charge is 0.491 e. The maximum Gasteiger partial charge on any atom is 0.160 e. The van der Waals surface area contributed by atoms with Crippen molar-refractivity contribution in [2.75, 3.05) is 0 Å². The molecule has 1 unspecified atom stereocenters. The van der Waals surface area contributed by atoms with Gasteiger partial charge >= 0.3 is 0 Å². The molecule has 46 valence electrons. The summed E-state index contributed by atoms with van der Waals surface area (Å²) in [5.41, 5.74) is 0. The van der Waals surface area contributed by atoms with E-state index in [1.54, 1.807) is 13.0 Å². The first-order chi connectivity index (χ1) is 3.81. The van der Waals surface area contributed by atoms with E-state index < -0.39 is 0 Å². The van der Waals surface area contributed by atoms with E-state index in [1.165, 1.54) is 6.26 Å². The van der Waals surface area contributed by atoms with Crippen LogP contribution < -0.4 is 0 Å². The van der Waals surface area contributed by atoms with Gasteiger partial charge in [-0.1, -0.05) is 6.08 Å². The van der Waals surface area contributed by atoms with Crippen LogP contribution in [0.2, 0.25) is 0 Å². The summed E-state index contributed by atoms with van der Waals surface area (Å²) in [5.74, 6) is 0. The lowest BCUT2D eigenvalue weighted by atomic mass is 10.5. The van der Waals surface area contributed by atoms with Crippen LogP contribution in [0.15, 0.2) is 12.3 Å². The van der Waals surface area contributed by atoms with E-state index in [0.717, 1.165) is 6.29 Å². The molecular weight excluding hydrogens is 104 g/mol. The molecule has 0 aliphatic rings. The molecule has 0 heterocycles. The first kappa shape index (κ1) is 7.21. The maximum absolute atomic E-state index is 9.85. The molecule has 0 bridgehead atoms. The summed E-state index contributed by atoms with van der Waals surface area (Å²) < 4.78 is 4.79. The standard InChI is InChI=1S/C6H10O2/c1-3-4-8-6(2)5-7/h3-6H,1-2H3/b4-3+. The van der Waals surface area contributed by atoms with Gasteiger partial charge in [0.1, 0.15) is 6.10 Å². The average Bonchev–Trinajstić information content (AvgIpc) is 1.83. The molecule has 0 rings (SSSR count). The van der Waals surface area contributed by atoms with Crippen LogP contribution in [0.25, 0.3) is 0 Å². The number of rotatable bonds is 3. The van der Waals surface area contributed by atoms with Crippen molar-refractivity contribution in [2.45, 2.75) is 20.0 Å². The Bertz CT molecular complexity index is 86.5. The highest BCUT2D eigenvalue weighted by Crippen LogP contribution is 1.84. The fourth-order valence-electron chi connectivity index (χ4n) is 0.235. The van der Waals surface area contributed by atoms with Crippen LogP contribution >= 0.6 is 0 Å². The van der Waals surface area contributed by atoms with Gasteiger partial charge in [0.05, 0.1) is 6.26 Å². The van der Waals surface area contributed by atoms with Gasteiger partial charge < -0.3 is 4.74 Å². The molecule has 8 heavy (non-hydrogen) atoms. The Morgan fingerprint density at radius 2 is 2.25 bits per heavy atom. The molecular formula is C6H10O2. The van der Waals surface area contributed by atoms with E-state index >= 15 is 0 Å². The van der Waals surface area contributed by atoms with Gasteiger partial charge in [-0.25, -0.2) is 0 Å². The Morgan fingerprint density at radius 1 is 1.62 bits per heavy atom. The highest BCUT2D eigenvalue weighted by Gasteiger charge is 1.91. The van der Waals surface area contributed by atoms with E-state index in [-0.39, 0.29) is 6.10 Å². The van der Waals surface area contributed by atoms with Crippen LogP contribution in [0.1, 0.15) is 13.8 Å². The van der Waals surface area contributed by atoms with Crippen molar-refractivity contribution in [1.82, 2.24) is 0 Å². The zero-order chi connectivity index (χ0) is 6.41. The summed E-state index contributed by atoms with van der Waals surface area (Å²) in [5, 5.41) is 0. The summed E-state index contributed by atoms with van der Waals surface area (Å²) in [7, 11) is 0.